The van der Waals surface area contributed by atoms with E-state index in [1.54, 1.807) is 5.57 Å². The molecule has 1 aliphatic rings. The molecule has 0 N–H and O–H groups in total. The summed E-state index contributed by atoms with van der Waals surface area (Å²) in [5.74, 6) is 0. The minimum atomic E-state index is -1.28. The van der Waals surface area contributed by atoms with E-state index >= 15 is 0 Å². The van der Waals surface area contributed by atoms with Crippen LogP contribution in [0, 0.1) is 0 Å². The first-order valence-electron chi connectivity index (χ1n) is 5.27. The molecule has 0 amide bonds. The second-order valence-electron chi connectivity index (χ2n) is 4.53. The predicted octanol–water partition coefficient (Wildman–Crippen LogP) is 4.50. The van der Waals surface area contributed by atoms with Crippen molar-refractivity contribution in [1.82, 2.24) is 0 Å². The number of rotatable bonds is 3. The molecular formula is C12H21Zr. The quantitative estimate of drug-likeness (QED) is 0.698. The number of hydrogen-bond acceptors (Lipinski definition) is 0. The predicted molar refractivity (Wildman–Crippen MR) is 56.7 cm³/mol. The van der Waals surface area contributed by atoms with Crippen LogP contribution < -0.4 is 0 Å². The van der Waals surface area contributed by atoms with Gasteiger partial charge in [-0.3, -0.25) is 0 Å². The standard InChI is InChI=1S/C6H7.2C3H7.Zr/c1-6-4-2-3-5-6;2*1-3-2;/h2,4H,3H2,1H3;2*3H,1-2H3;. The van der Waals surface area contributed by atoms with Crippen molar-refractivity contribution in [1.29, 1.82) is 0 Å². The average molecular weight is 257 g/mol. The summed E-state index contributed by atoms with van der Waals surface area (Å²) >= 11 is -1.28. The van der Waals surface area contributed by atoms with E-state index in [0.29, 0.717) is 0 Å². The van der Waals surface area contributed by atoms with E-state index in [-0.39, 0.29) is 0 Å². The van der Waals surface area contributed by atoms with Crippen LogP contribution in [0.2, 0.25) is 7.25 Å². The summed E-state index contributed by atoms with van der Waals surface area (Å²) < 4.78 is 3.80. The topological polar surface area (TPSA) is 0 Å². The summed E-state index contributed by atoms with van der Waals surface area (Å²) in [6, 6.07) is 0. The van der Waals surface area contributed by atoms with Crippen molar-refractivity contribution >= 4 is 0 Å². The van der Waals surface area contributed by atoms with E-state index in [2.05, 4.69) is 46.8 Å². The van der Waals surface area contributed by atoms with Crippen molar-refractivity contribution in [3.63, 3.8) is 0 Å². The molecule has 13 heavy (non-hydrogen) atoms. The van der Waals surface area contributed by atoms with E-state index < -0.39 is 21.8 Å². The molecule has 0 aromatic carbocycles. The molecule has 1 rings (SSSR count). The van der Waals surface area contributed by atoms with Gasteiger partial charge in [-0.05, 0) is 0 Å². The van der Waals surface area contributed by atoms with Crippen LogP contribution in [0.1, 0.15) is 41.0 Å². The van der Waals surface area contributed by atoms with E-state index in [0.717, 1.165) is 7.25 Å². The van der Waals surface area contributed by atoms with Crippen molar-refractivity contribution in [2.45, 2.75) is 48.3 Å². The molecule has 0 nitrogen and oxygen atoms in total. The summed E-state index contributed by atoms with van der Waals surface area (Å²) in [4.78, 5) is 0. The van der Waals surface area contributed by atoms with Crippen molar-refractivity contribution < 1.29 is 21.8 Å². The molecule has 0 aromatic heterocycles. The Bertz CT molecular complexity index is 226. The van der Waals surface area contributed by atoms with Crippen molar-refractivity contribution in [2.24, 2.45) is 0 Å². The van der Waals surface area contributed by atoms with E-state index in [1.165, 1.54) is 6.42 Å². The fourth-order valence-electron chi connectivity index (χ4n) is 2.32. The Morgan fingerprint density at radius 2 is 1.69 bits per heavy atom. The van der Waals surface area contributed by atoms with E-state index in [1.807, 2.05) is 3.28 Å². The molecular weight excluding hydrogens is 235 g/mol. The third kappa shape index (κ3) is 2.65. The second kappa shape index (κ2) is 4.73. The van der Waals surface area contributed by atoms with Gasteiger partial charge in [0.05, 0.1) is 0 Å². The van der Waals surface area contributed by atoms with Gasteiger partial charge in [0.2, 0.25) is 0 Å². The van der Waals surface area contributed by atoms with Crippen LogP contribution in [-0.4, -0.2) is 0 Å². The Labute approximate surface area is 90.8 Å². The molecule has 1 heteroatoms. The van der Waals surface area contributed by atoms with Gasteiger partial charge >= 0.3 is 91.0 Å². The summed E-state index contributed by atoms with van der Waals surface area (Å²) in [7, 11) is 0. The summed E-state index contributed by atoms with van der Waals surface area (Å²) in [5.41, 5.74) is 1.59. The van der Waals surface area contributed by atoms with Crippen molar-refractivity contribution in [3.05, 3.63) is 21.0 Å². The summed E-state index contributed by atoms with van der Waals surface area (Å²) in [5, 5.41) is 0. The third-order valence-corrected chi connectivity index (χ3v) is 12.1. The Hall–Kier alpha value is 0.363. The zero-order chi connectivity index (χ0) is 10.0. The second-order valence-corrected chi connectivity index (χ2v) is 13.9. The molecule has 0 bridgehead atoms. The van der Waals surface area contributed by atoms with Gasteiger partial charge in [-0.1, -0.05) is 0 Å². The molecule has 73 valence electrons. The normalized spacial score (nSPS) is 16.5. The molecule has 0 spiro atoms. The van der Waals surface area contributed by atoms with Crippen molar-refractivity contribution in [3.8, 4) is 0 Å². The van der Waals surface area contributed by atoms with E-state index in [9.17, 15) is 0 Å². The first-order valence-corrected chi connectivity index (χ1v) is 9.34. The van der Waals surface area contributed by atoms with E-state index in [4.69, 9.17) is 0 Å². The Balaban J connectivity index is 2.84. The molecule has 0 aromatic rings. The molecule has 1 aliphatic carbocycles. The van der Waals surface area contributed by atoms with Crippen LogP contribution in [0.15, 0.2) is 21.0 Å². The van der Waals surface area contributed by atoms with Crippen LogP contribution in [0.25, 0.3) is 0 Å². The van der Waals surface area contributed by atoms with Crippen molar-refractivity contribution in [2.75, 3.05) is 0 Å². The summed E-state index contributed by atoms with van der Waals surface area (Å²) in [6.07, 6.45) is 5.94. The number of hydrogen-bond donors (Lipinski definition) is 0. The van der Waals surface area contributed by atoms with Crippen LogP contribution in [0.5, 0.6) is 0 Å². The molecule has 0 atom stereocenters. The van der Waals surface area contributed by atoms with Gasteiger partial charge in [0, 0.05) is 0 Å². The zero-order valence-corrected chi connectivity index (χ0v) is 12.0. The minimum absolute atomic E-state index is 0.965. The molecule has 0 fully saturated rings. The van der Waals surface area contributed by atoms with Crippen LogP contribution in [0.3, 0.4) is 0 Å². The SMILES string of the molecule is CC1=[C]([Zr]([CH](C)C)[CH](C)C)CC=C1. The maximum absolute atomic E-state index is 2.42. The molecule has 0 unspecified atom stereocenters. The third-order valence-electron chi connectivity index (χ3n) is 2.76. The van der Waals surface area contributed by atoms with Crippen LogP contribution in [-0.2, 0) is 21.8 Å². The molecule has 0 heterocycles. The van der Waals surface area contributed by atoms with Gasteiger partial charge in [-0.2, -0.15) is 0 Å². The maximum atomic E-state index is 2.42. The Kier molecular flexibility index (Phi) is 4.17. The van der Waals surface area contributed by atoms with Gasteiger partial charge in [-0.15, -0.1) is 0 Å². The Morgan fingerprint density at radius 3 is 2.00 bits per heavy atom. The monoisotopic (exact) mass is 255 g/mol. The van der Waals surface area contributed by atoms with Gasteiger partial charge in [-0.25, -0.2) is 0 Å². The molecule has 0 aliphatic heterocycles. The first kappa shape index (κ1) is 11.4. The fraction of sp³-hybridized carbons (Fsp3) is 0.667. The number of allylic oxidation sites excluding steroid dienone is 4. The molecule has 0 saturated carbocycles. The fourth-order valence-corrected chi connectivity index (χ4v) is 11.2. The molecule has 0 saturated heterocycles. The molecule has 0 radical (unpaired) electrons. The Morgan fingerprint density at radius 1 is 1.15 bits per heavy atom. The van der Waals surface area contributed by atoms with Gasteiger partial charge in [0.1, 0.15) is 0 Å². The zero-order valence-electron chi connectivity index (χ0n) is 9.52. The van der Waals surface area contributed by atoms with Gasteiger partial charge in [0.15, 0.2) is 0 Å². The van der Waals surface area contributed by atoms with Crippen LogP contribution in [0.4, 0.5) is 0 Å². The summed E-state index contributed by atoms with van der Waals surface area (Å²) in [6.45, 7) is 12.0. The first-order chi connectivity index (χ1) is 6.04. The average Bonchev–Trinajstić information content (AvgIpc) is 2.35. The van der Waals surface area contributed by atoms with Gasteiger partial charge in [0.25, 0.3) is 0 Å². The van der Waals surface area contributed by atoms with Gasteiger partial charge < -0.3 is 0 Å². The van der Waals surface area contributed by atoms with Crippen LogP contribution >= 0.6 is 0 Å².